The summed E-state index contributed by atoms with van der Waals surface area (Å²) in [5.74, 6) is -0.476. The Morgan fingerprint density at radius 1 is 1.12 bits per heavy atom. The lowest BCUT2D eigenvalue weighted by Crippen LogP contribution is -2.18. The molecule has 3 aromatic rings. The highest BCUT2D eigenvalue weighted by molar-refractivity contribution is 6.35. The molecule has 0 aliphatic rings. The van der Waals surface area contributed by atoms with Crippen molar-refractivity contribution in [2.75, 3.05) is 13.2 Å². The Hall–Kier alpha value is -2.44. The topological polar surface area (TPSA) is 70.7 Å². The van der Waals surface area contributed by atoms with Crippen molar-refractivity contribution in [3.8, 4) is 5.75 Å². The number of fused-ring (bicyclic) bond motifs is 1. The largest absolute Gasteiger partial charge is 0.488 e. The van der Waals surface area contributed by atoms with Crippen LogP contribution in [0.15, 0.2) is 51.7 Å². The van der Waals surface area contributed by atoms with Gasteiger partial charge >= 0.3 is 11.7 Å². The molecule has 0 saturated heterocycles. The highest BCUT2D eigenvalue weighted by atomic mass is 35.5. The van der Waals surface area contributed by atoms with Gasteiger partial charge in [0.15, 0.2) is 5.58 Å². The number of esters is 1. The standard InChI is InChI=1S/C18H15Cl2NO5/c19-12-5-6-15(13(20)11-12)24-9-10-25-17(22)7-8-21-14-3-1-2-4-16(14)26-18(21)23/h1-6,11H,7-10H2. The molecule has 8 heteroatoms. The molecule has 26 heavy (non-hydrogen) atoms. The lowest BCUT2D eigenvalue weighted by atomic mass is 10.3. The van der Waals surface area contributed by atoms with Gasteiger partial charge in [0.25, 0.3) is 0 Å². The molecular weight excluding hydrogens is 381 g/mol. The number of halogens is 2. The number of ether oxygens (including phenoxy) is 2. The van der Waals surface area contributed by atoms with Crippen LogP contribution in [0.1, 0.15) is 6.42 Å². The number of carbonyl (C=O) groups is 1. The van der Waals surface area contributed by atoms with E-state index in [0.717, 1.165) is 0 Å². The summed E-state index contributed by atoms with van der Waals surface area (Å²) in [4.78, 5) is 23.7. The van der Waals surface area contributed by atoms with E-state index in [-0.39, 0.29) is 26.2 Å². The Bertz CT molecular complexity index is 979. The molecule has 0 saturated carbocycles. The number of hydrogen-bond acceptors (Lipinski definition) is 5. The smallest absolute Gasteiger partial charge is 0.419 e. The lowest BCUT2D eigenvalue weighted by molar-refractivity contribution is -0.144. The molecule has 0 radical (unpaired) electrons. The van der Waals surface area contributed by atoms with Crippen LogP contribution in [0.3, 0.4) is 0 Å². The summed E-state index contributed by atoms with van der Waals surface area (Å²) in [6.07, 6.45) is 0.0468. The Kier molecular flexibility index (Phi) is 5.85. The molecule has 0 bridgehead atoms. The first-order valence-corrected chi connectivity index (χ1v) is 8.62. The second-order valence-corrected chi connectivity index (χ2v) is 6.22. The fourth-order valence-electron chi connectivity index (χ4n) is 2.40. The zero-order chi connectivity index (χ0) is 18.5. The SMILES string of the molecule is O=C(CCn1c(=O)oc2ccccc21)OCCOc1ccc(Cl)cc1Cl. The van der Waals surface area contributed by atoms with Crippen molar-refractivity contribution in [2.45, 2.75) is 13.0 Å². The summed E-state index contributed by atoms with van der Waals surface area (Å²) in [6.45, 7) is 0.402. The van der Waals surface area contributed by atoms with Crippen LogP contribution in [0.5, 0.6) is 5.75 Å². The van der Waals surface area contributed by atoms with Crippen molar-refractivity contribution in [3.63, 3.8) is 0 Å². The molecule has 0 fully saturated rings. The van der Waals surface area contributed by atoms with Gasteiger partial charge in [-0.2, -0.15) is 0 Å². The van der Waals surface area contributed by atoms with Crippen LogP contribution >= 0.6 is 23.2 Å². The molecule has 1 heterocycles. The number of oxazole rings is 1. The molecule has 0 spiro atoms. The van der Waals surface area contributed by atoms with Crippen molar-refractivity contribution >= 4 is 40.3 Å². The molecule has 136 valence electrons. The summed E-state index contributed by atoms with van der Waals surface area (Å²) in [7, 11) is 0. The average Bonchev–Trinajstić information content (AvgIpc) is 2.93. The first kappa shape index (κ1) is 18.4. The summed E-state index contributed by atoms with van der Waals surface area (Å²) in [5, 5.41) is 0.894. The number of aryl methyl sites for hydroxylation is 1. The molecule has 3 rings (SSSR count). The molecule has 0 aliphatic heterocycles. The van der Waals surface area contributed by atoms with Gasteiger partial charge in [0.2, 0.25) is 0 Å². The quantitative estimate of drug-likeness (QED) is 0.447. The van der Waals surface area contributed by atoms with E-state index in [1.165, 1.54) is 4.57 Å². The first-order valence-electron chi connectivity index (χ1n) is 7.86. The molecule has 1 aromatic heterocycles. The van der Waals surface area contributed by atoms with Gasteiger partial charge in [0.1, 0.15) is 19.0 Å². The van der Waals surface area contributed by atoms with Crippen LogP contribution in [0, 0.1) is 0 Å². The molecule has 0 N–H and O–H groups in total. The van der Waals surface area contributed by atoms with Crippen molar-refractivity contribution in [1.82, 2.24) is 4.57 Å². The third-order valence-corrected chi connectivity index (χ3v) is 4.14. The van der Waals surface area contributed by atoms with E-state index >= 15 is 0 Å². The molecule has 0 unspecified atom stereocenters. The van der Waals surface area contributed by atoms with E-state index in [1.54, 1.807) is 42.5 Å². The van der Waals surface area contributed by atoms with E-state index in [0.29, 0.717) is 26.9 Å². The monoisotopic (exact) mass is 395 g/mol. The molecule has 0 amide bonds. The van der Waals surface area contributed by atoms with E-state index in [4.69, 9.17) is 37.1 Å². The minimum atomic E-state index is -0.500. The molecular formula is C18H15Cl2NO5. The average molecular weight is 396 g/mol. The zero-order valence-corrected chi connectivity index (χ0v) is 15.1. The Balaban J connectivity index is 1.46. The maximum absolute atomic E-state index is 11.8. The normalized spacial score (nSPS) is 10.8. The summed E-state index contributed by atoms with van der Waals surface area (Å²) in [5.41, 5.74) is 1.13. The van der Waals surface area contributed by atoms with Gasteiger partial charge in [0, 0.05) is 11.6 Å². The van der Waals surface area contributed by atoms with Gasteiger partial charge in [0.05, 0.1) is 17.0 Å². The van der Waals surface area contributed by atoms with Gasteiger partial charge < -0.3 is 13.9 Å². The minimum Gasteiger partial charge on any atom is -0.488 e. The maximum Gasteiger partial charge on any atom is 0.419 e. The number of carbonyl (C=O) groups excluding carboxylic acids is 1. The highest BCUT2D eigenvalue weighted by Gasteiger charge is 2.11. The number of para-hydroxylation sites is 2. The van der Waals surface area contributed by atoms with Crippen molar-refractivity contribution in [3.05, 3.63) is 63.1 Å². The second-order valence-electron chi connectivity index (χ2n) is 5.38. The van der Waals surface area contributed by atoms with Crippen LogP contribution in [0.25, 0.3) is 11.1 Å². The summed E-state index contributed by atoms with van der Waals surface area (Å²) in [6, 6.07) is 11.9. The van der Waals surface area contributed by atoms with Crippen LogP contribution in [0.4, 0.5) is 0 Å². The number of rotatable bonds is 7. The van der Waals surface area contributed by atoms with Crippen molar-refractivity contribution in [2.24, 2.45) is 0 Å². The lowest BCUT2D eigenvalue weighted by Gasteiger charge is -2.09. The summed E-state index contributed by atoms with van der Waals surface area (Å²) >= 11 is 11.8. The Morgan fingerprint density at radius 3 is 2.73 bits per heavy atom. The number of nitrogens with zero attached hydrogens (tertiary/aromatic N) is 1. The van der Waals surface area contributed by atoms with E-state index in [2.05, 4.69) is 0 Å². The predicted molar refractivity (Wildman–Crippen MR) is 98.0 cm³/mol. The Labute approximate surface area is 158 Å². The van der Waals surface area contributed by atoms with E-state index in [9.17, 15) is 9.59 Å². The third kappa shape index (κ3) is 4.39. The van der Waals surface area contributed by atoms with E-state index in [1.807, 2.05) is 0 Å². The van der Waals surface area contributed by atoms with Gasteiger partial charge in [-0.25, -0.2) is 4.79 Å². The zero-order valence-electron chi connectivity index (χ0n) is 13.6. The van der Waals surface area contributed by atoms with Crippen LogP contribution in [-0.4, -0.2) is 23.8 Å². The van der Waals surface area contributed by atoms with Crippen LogP contribution in [-0.2, 0) is 16.1 Å². The van der Waals surface area contributed by atoms with Gasteiger partial charge in [-0.15, -0.1) is 0 Å². The van der Waals surface area contributed by atoms with Crippen molar-refractivity contribution < 1.29 is 18.7 Å². The van der Waals surface area contributed by atoms with Gasteiger partial charge in [-0.05, 0) is 30.3 Å². The predicted octanol–water partition coefficient (Wildman–Crippen LogP) is 3.91. The number of aromatic nitrogens is 1. The van der Waals surface area contributed by atoms with Crippen LogP contribution < -0.4 is 10.5 Å². The molecule has 0 atom stereocenters. The third-order valence-electron chi connectivity index (χ3n) is 3.61. The number of hydrogen-bond donors (Lipinski definition) is 0. The second kappa shape index (κ2) is 8.29. The van der Waals surface area contributed by atoms with Crippen LogP contribution in [0.2, 0.25) is 10.0 Å². The fourth-order valence-corrected chi connectivity index (χ4v) is 2.86. The van der Waals surface area contributed by atoms with Gasteiger partial charge in [-0.1, -0.05) is 35.3 Å². The maximum atomic E-state index is 11.8. The van der Waals surface area contributed by atoms with E-state index < -0.39 is 11.7 Å². The summed E-state index contributed by atoms with van der Waals surface area (Å²) < 4.78 is 17.0. The van der Waals surface area contributed by atoms with Gasteiger partial charge in [-0.3, -0.25) is 9.36 Å². The minimum absolute atomic E-state index is 0.0468. The van der Waals surface area contributed by atoms with Crippen molar-refractivity contribution in [1.29, 1.82) is 0 Å². The molecule has 0 aliphatic carbocycles. The molecule has 2 aromatic carbocycles. The number of benzene rings is 2. The highest BCUT2D eigenvalue weighted by Crippen LogP contribution is 2.27. The molecule has 6 nitrogen and oxygen atoms in total. The first-order chi connectivity index (χ1) is 12.5. The Morgan fingerprint density at radius 2 is 1.92 bits per heavy atom. The fraction of sp³-hybridized carbons (Fsp3) is 0.222.